The molecule has 9 nitrogen and oxygen atoms in total. The molecule has 4 amide bonds. The average Bonchev–Trinajstić information content (AvgIpc) is 2.35. The van der Waals surface area contributed by atoms with Gasteiger partial charge in [0.2, 0.25) is 5.96 Å². The molecule has 0 saturated heterocycles. The van der Waals surface area contributed by atoms with Crippen LogP contribution in [0.4, 0.5) is 22.8 Å². The van der Waals surface area contributed by atoms with E-state index < -0.39 is 44.7 Å². The molecule has 0 aromatic heterocycles. The lowest BCUT2D eigenvalue weighted by Crippen LogP contribution is -2.42. The summed E-state index contributed by atoms with van der Waals surface area (Å²) in [5.74, 6) is -0.839. The van der Waals surface area contributed by atoms with E-state index >= 15 is 0 Å². The highest BCUT2D eigenvalue weighted by Gasteiger charge is 2.37. The molecule has 0 saturated carbocycles. The highest BCUT2D eigenvalue weighted by molar-refractivity contribution is 7.90. The number of hydrogen-bond acceptors (Lipinski definition) is 4. The maximum Gasteiger partial charge on any atom is 0.417 e. The lowest BCUT2D eigenvalue weighted by Gasteiger charge is -2.12. The monoisotopic (exact) mass is 353 g/mol. The molecule has 6 N–H and O–H groups in total. The second kappa shape index (κ2) is 6.51. The Morgan fingerprint density at radius 2 is 1.70 bits per heavy atom. The molecule has 0 aliphatic rings. The van der Waals surface area contributed by atoms with Gasteiger partial charge in [-0.2, -0.15) is 18.2 Å². The molecule has 0 unspecified atom stereocenters. The van der Waals surface area contributed by atoms with Crippen molar-refractivity contribution in [3.05, 3.63) is 29.8 Å². The van der Waals surface area contributed by atoms with Gasteiger partial charge < -0.3 is 11.5 Å². The van der Waals surface area contributed by atoms with Crippen LogP contribution in [-0.2, 0) is 16.2 Å². The van der Waals surface area contributed by atoms with Crippen LogP contribution in [0.2, 0.25) is 0 Å². The van der Waals surface area contributed by atoms with E-state index in [1.54, 1.807) is 5.32 Å². The summed E-state index contributed by atoms with van der Waals surface area (Å²) in [7, 11) is -4.87. The van der Waals surface area contributed by atoms with Gasteiger partial charge in [0.1, 0.15) is 0 Å². The molecule has 0 radical (unpaired) electrons. The van der Waals surface area contributed by atoms with Crippen LogP contribution >= 0.6 is 0 Å². The molecule has 126 valence electrons. The highest BCUT2D eigenvalue weighted by Crippen LogP contribution is 2.33. The maximum absolute atomic E-state index is 12.8. The minimum atomic E-state index is -4.95. The zero-order valence-electron chi connectivity index (χ0n) is 11.1. The fraction of sp³-hybridized carbons (Fsp3) is 0.100. The Balaban J connectivity index is 3.11. The van der Waals surface area contributed by atoms with Gasteiger partial charge in [0.05, 0.1) is 10.5 Å². The summed E-state index contributed by atoms with van der Waals surface area (Å²) < 4.78 is 63.3. The summed E-state index contributed by atoms with van der Waals surface area (Å²) in [6.45, 7) is 0. The van der Waals surface area contributed by atoms with Crippen LogP contribution in [0.5, 0.6) is 0 Å². The molecule has 1 aromatic carbocycles. The molecule has 0 bridgehead atoms. The Labute approximate surface area is 127 Å². The topological polar surface area (TPSA) is 157 Å². The molecule has 1 aromatic rings. The predicted octanol–water partition coefficient (Wildman–Crippen LogP) is 0.0867. The van der Waals surface area contributed by atoms with Crippen molar-refractivity contribution in [2.24, 2.45) is 16.5 Å². The highest BCUT2D eigenvalue weighted by atomic mass is 32.2. The third-order valence-electron chi connectivity index (χ3n) is 2.18. The Kier molecular flexibility index (Phi) is 5.16. The van der Waals surface area contributed by atoms with Crippen LogP contribution in [0.1, 0.15) is 5.56 Å². The Hall–Kier alpha value is -2.83. The smallest absolute Gasteiger partial charge is 0.369 e. The Morgan fingerprint density at radius 3 is 2.22 bits per heavy atom. The largest absolute Gasteiger partial charge is 0.417 e. The van der Waals surface area contributed by atoms with E-state index in [9.17, 15) is 31.2 Å². The van der Waals surface area contributed by atoms with Gasteiger partial charge in [0.25, 0.3) is 10.0 Å². The summed E-state index contributed by atoms with van der Waals surface area (Å²) >= 11 is 0. The van der Waals surface area contributed by atoms with E-state index in [4.69, 9.17) is 5.73 Å². The minimum absolute atomic E-state index is 0.533. The van der Waals surface area contributed by atoms with Crippen molar-refractivity contribution in [2.45, 2.75) is 11.1 Å². The van der Waals surface area contributed by atoms with Gasteiger partial charge in [0, 0.05) is 0 Å². The van der Waals surface area contributed by atoms with E-state index in [1.165, 1.54) is 4.72 Å². The fourth-order valence-electron chi connectivity index (χ4n) is 1.39. The molecule has 0 fully saturated rings. The lowest BCUT2D eigenvalue weighted by atomic mass is 10.2. The van der Waals surface area contributed by atoms with Crippen molar-refractivity contribution in [1.82, 2.24) is 10.0 Å². The maximum atomic E-state index is 12.8. The van der Waals surface area contributed by atoms with E-state index in [1.807, 2.05) is 0 Å². The first-order valence-corrected chi connectivity index (χ1v) is 7.05. The van der Waals surface area contributed by atoms with Crippen LogP contribution in [-0.4, -0.2) is 26.4 Å². The van der Waals surface area contributed by atoms with Crippen molar-refractivity contribution >= 4 is 28.0 Å². The fourth-order valence-corrected chi connectivity index (χ4v) is 2.51. The van der Waals surface area contributed by atoms with Gasteiger partial charge in [0.15, 0.2) is 0 Å². The van der Waals surface area contributed by atoms with Crippen molar-refractivity contribution in [3.63, 3.8) is 0 Å². The number of sulfonamides is 1. The number of carbonyl (C=O) groups excluding carboxylic acids is 2. The van der Waals surface area contributed by atoms with Gasteiger partial charge in [-0.3, -0.25) is 5.32 Å². The van der Waals surface area contributed by atoms with Gasteiger partial charge >= 0.3 is 18.2 Å². The summed E-state index contributed by atoms with van der Waals surface area (Å²) in [4.78, 5) is 23.5. The van der Waals surface area contributed by atoms with E-state index in [0.29, 0.717) is 12.1 Å². The molecule has 0 heterocycles. The van der Waals surface area contributed by atoms with Crippen molar-refractivity contribution in [1.29, 1.82) is 0 Å². The van der Waals surface area contributed by atoms with Crippen LogP contribution < -0.4 is 21.5 Å². The third kappa shape index (κ3) is 5.14. The Bertz CT molecular complexity index is 760. The van der Waals surface area contributed by atoms with Crippen LogP contribution in [0.15, 0.2) is 34.2 Å². The average molecular weight is 353 g/mol. The molecule has 13 heteroatoms. The number of halogens is 3. The number of guanidine groups is 1. The molecule has 1 rings (SSSR count). The molecular weight excluding hydrogens is 343 g/mol. The normalized spacial score (nSPS) is 12.6. The minimum Gasteiger partial charge on any atom is -0.369 e. The first-order chi connectivity index (χ1) is 10.4. The van der Waals surface area contributed by atoms with E-state index in [0.717, 1.165) is 12.1 Å². The summed E-state index contributed by atoms with van der Waals surface area (Å²) in [5, 5.41) is 1.67. The van der Waals surface area contributed by atoms with Gasteiger partial charge in [-0.05, 0) is 12.1 Å². The number of hydrogen-bond donors (Lipinski definition) is 4. The zero-order valence-corrected chi connectivity index (χ0v) is 11.9. The second-order valence-electron chi connectivity index (χ2n) is 3.89. The summed E-state index contributed by atoms with van der Waals surface area (Å²) in [6, 6.07) is 0.424. The number of nitrogens with two attached hydrogens (primary N) is 2. The standard InChI is InChI=1S/C10H10F3N5O4S/c11-10(12,13)5-3-1-2-4-6(5)23(21,22)18-9(20)17-7(14)16-8(15)19/h1-4H,(H6,14,15,16,17,18,19,20). The van der Waals surface area contributed by atoms with Crippen LogP contribution in [0, 0.1) is 0 Å². The zero-order chi connectivity index (χ0) is 17.8. The number of nitrogens with one attached hydrogen (secondary N) is 2. The van der Waals surface area contributed by atoms with E-state index in [-0.39, 0.29) is 0 Å². The summed E-state index contributed by atoms with van der Waals surface area (Å²) in [6.07, 6.45) is -4.95. The first-order valence-electron chi connectivity index (χ1n) is 5.57. The molecule has 23 heavy (non-hydrogen) atoms. The van der Waals surface area contributed by atoms with Gasteiger partial charge in [-0.25, -0.2) is 22.7 Å². The SMILES string of the molecule is NC(=O)N/C(N)=N/C(=O)NS(=O)(=O)c1ccccc1C(F)(F)F. The first kappa shape index (κ1) is 18.2. The number of aliphatic imine (C=N–C) groups is 1. The molecule has 0 spiro atoms. The Morgan fingerprint density at radius 1 is 1.13 bits per heavy atom. The number of primary amides is 1. The third-order valence-corrected chi connectivity index (χ3v) is 3.56. The number of nitrogens with zero attached hydrogens (tertiary/aromatic N) is 1. The molecule has 0 aliphatic heterocycles. The number of benzene rings is 1. The van der Waals surface area contributed by atoms with Crippen LogP contribution in [0.25, 0.3) is 0 Å². The van der Waals surface area contributed by atoms with Gasteiger partial charge in [-0.1, -0.05) is 12.1 Å². The second-order valence-corrected chi connectivity index (χ2v) is 5.54. The number of amides is 4. The lowest BCUT2D eigenvalue weighted by molar-refractivity contribution is -0.139. The summed E-state index contributed by atoms with van der Waals surface area (Å²) in [5.41, 5.74) is 8.24. The number of urea groups is 2. The van der Waals surface area contributed by atoms with Crippen LogP contribution in [0.3, 0.4) is 0 Å². The van der Waals surface area contributed by atoms with Gasteiger partial charge in [-0.15, -0.1) is 0 Å². The molecule has 0 atom stereocenters. The van der Waals surface area contributed by atoms with Crippen molar-refractivity contribution in [3.8, 4) is 0 Å². The number of carbonyl (C=O) groups is 2. The molecule has 0 aliphatic carbocycles. The predicted molar refractivity (Wildman–Crippen MR) is 71.5 cm³/mol. The van der Waals surface area contributed by atoms with Crippen molar-refractivity contribution in [2.75, 3.05) is 0 Å². The van der Waals surface area contributed by atoms with E-state index in [2.05, 4.69) is 10.7 Å². The molecular formula is C10H10F3N5O4S. The number of rotatable bonds is 2. The quantitative estimate of drug-likeness (QED) is 0.438. The van der Waals surface area contributed by atoms with Crippen molar-refractivity contribution < 1.29 is 31.2 Å². The number of alkyl halides is 3.